The highest BCUT2D eigenvalue weighted by molar-refractivity contribution is 7.98. The van der Waals surface area contributed by atoms with Crippen LogP contribution in [0.25, 0.3) is 5.69 Å². The molecule has 0 amide bonds. The van der Waals surface area contributed by atoms with Crippen LogP contribution in [0.15, 0.2) is 29.2 Å². The van der Waals surface area contributed by atoms with Gasteiger partial charge in [-0.25, -0.2) is 4.68 Å². The summed E-state index contributed by atoms with van der Waals surface area (Å²) >= 11 is 7.21. The smallest absolute Gasteiger partial charge is 0.220 e. The lowest BCUT2D eigenvalue weighted by molar-refractivity contribution is 0.290. The van der Waals surface area contributed by atoms with E-state index in [4.69, 9.17) is 12.2 Å². The van der Waals surface area contributed by atoms with Crippen molar-refractivity contribution in [3.05, 3.63) is 29.0 Å². The maximum absolute atomic E-state index is 5.53. The minimum atomic E-state index is 0.654. The Balaban J connectivity index is 2.11. The van der Waals surface area contributed by atoms with Crippen LogP contribution in [0.3, 0.4) is 0 Å². The molecular weight excluding hydrogens is 314 g/mol. The summed E-state index contributed by atoms with van der Waals surface area (Å²) < 4.78 is 4.22. The number of benzene rings is 1. The average Bonchev–Trinajstić information content (AvgIpc) is 2.92. The summed E-state index contributed by atoms with van der Waals surface area (Å²) in [5.74, 6) is 0. The van der Waals surface area contributed by atoms with Gasteiger partial charge in [0.05, 0.1) is 5.69 Å². The number of tetrazole rings is 1. The molecule has 0 N–H and O–H groups in total. The predicted octanol–water partition coefficient (Wildman–Crippen LogP) is 3.25. The van der Waals surface area contributed by atoms with Crippen LogP contribution in [0.5, 0.6) is 0 Å². The zero-order valence-electron chi connectivity index (χ0n) is 13.4. The Morgan fingerprint density at radius 3 is 2.59 bits per heavy atom. The zero-order chi connectivity index (χ0) is 15.9. The van der Waals surface area contributed by atoms with Gasteiger partial charge in [-0.3, -0.25) is 0 Å². The maximum Gasteiger partial charge on any atom is 0.220 e. The molecule has 0 saturated heterocycles. The minimum Gasteiger partial charge on any atom is -0.304 e. The molecule has 120 valence electrons. The molecular formula is C15H23N5S2. The summed E-state index contributed by atoms with van der Waals surface area (Å²) in [7, 11) is 0. The Morgan fingerprint density at radius 1 is 1.18 bits per heavy atom. The lowest BCUT2D eigenvalue weighted by Crippen LogP contribution is -2.25. The van der Waals surface area contributed by atoms with Crippen LogP contribution in [0.1, 0.15) is 20.3 Å². The molecule has 0 fully saturated rings. The summed E-state index contributed by atoms with van der Waals surface area (Å²) in [5.41, 5.74) is 0.995. The van der Waals surface area contributed by atoms with Gasteiger partial charge in [0.15, 0.2) is 0 Å². The van der Waals surface area contributed by atoms with Gasteiger partial charge in [-0.2, -0.15) is 4.68 Å². The molecule has 2 rings (SSSR count). The topological polar surface area (TPSA) is 38.9 Å². The molecule has 0 atom stereocenters. The fourth-order valence-corrected chi connectivity index (χ4v) is 3.20. The minimum absolute atomic E-state index is 0.654. The van der Waals surface area contributed by atoms with Gasteiger partial charge in [0.2, 0.25) is 4.77 Å². The van der Waals surface area contributed by atoms with Crippen molar-refractivity contribution in [3.8, 4) is 5.69 Å². The average molecular weight is 338 g/mol. The number of para-hydroxylation sites is 1. The normalized spacial score (nSPS) is 11.3. The second kappa shape index (κ2) is 8.45. The molecule has 0 aliphatic rings. The van der Waals surface area contributed by atoms with E-state index in [0.29, 0.717) is 4.77 Å². The van der Waals surface area contributed by atoms with Gasteiger partial charge in [-0.1, -0.05) is 26.0 Å². The van der Waals surface area contributed by atoms with E-state index in [1.807, 2.05) is 22.9 Å². The number of aromatic nitrogens is 4. The first-order chi connectivity index (χ1) is 10.7. The SMILES string of the molecule is CCN(CC)CCCn1nnn(-c2ccccc2SC)c1=S. The maximum atomic E-state index is 5.53. The van der Waals surface area contributed by atoms with Crippen molar-refractivity contribution < 1.29 is 0 Å². The first-order valence-corrected chi connectivity index (χ1v) is 9.23. The van der Waals surface area contributed by atoms with E-state index in [-0.39, 0.29) is 0 Å². The van der Waals surface area contributed by atoms with Crippen LogP contribution in [0, 0.1) is 4.77 Å². The number of thioether (sulfide) groups is 1. The Kier molecular flexibility index (Phi) is 6.60. The van der Waals surface area contributed by atoms with Gasteiger partial charge in [-0.15, -0.1) is 11.8 Å². The molecule has 2 aromatic rings. The molecule has 0 bridgehead atoms. The summed E-state index contributed by atoms with van der Waals surface area (Å²) in [6.07, 6.45) is 3.08. The van der Waals surface area contributed by atoms with Crippen molar-refractivity contribution in [1.29, 1.82) is 0 Å². The number of aryl methyl sites for hydroxylation is 1. The summed E-state index contributed by atoms with van der Waals surface area (Å²) in [6, 6.07) is 8.11. The lowest BCUT2D eigenvalue weighted by atomic mass is 10.3. The van der Waals surface area contributed by atoms with Gasteiger partial charge in [-0.05, 0) is 67.1 Å². The number of nitrogens with zero attached hydrogens (tertiary/aromatic N) is 5. The molecule has 0 aliphatic carbocycles. The largest absolute Gasteiger partial charge is 0.304 e. The monoisotopic (exact) mass is 337 g/mol. The van der Waals surface area contributed by atoms with E-state index in [1.54, 1.807) is 16.4 Å². The Labute approximate surface area is 141 Å². The molecule has 0 unspecified atom stereocenters. The molecule has 7 heteroatoms. The van der Waals surface area contributed by atoms with Crippen molar-refractivity contribution in [2.24, 2.45) is 0 Å². The van der Waals surface area contributed by atoms with Crippen molar-refractivity contribution in [1.82, 2.24) is 24.7 Å². The highest BCUT2D eigenvalue weighted by Crippen LogP contribution is 2.22. The van der Waals surface area contributed by atoms with Gasteiger partial charge >= 0.3 is 0 Å². The quantitative estimate of drug-likeness (QED) is 0.546. The fraction of sp³-hybridized carbons (Fsp3) is 0.533. The van der Waals surface area contributed by atoms with E-state index in [9.17, 15) is 0 Å². The Bertz CT molecular complexity index is 645. The zero-order valence-corrected chi connectivity index (χ0v) is 15.0. The molecule has 1 aromatic heterocycles. The number of hydrogen-bond acceptors (Lipinski definition) is 5. The highest BCUT2D eigenvalue weighted by atomic mass is 32.2. The molecule has 0 saturated carbocycles. The van der Waals surface area contributed by atoms with Gasteiger partial charge < -0.3 is 4.90 Å². The number of rotatable bonds is 8. The van der Waals surface area contributed by atoms with Gasteiger partial charge in [0.25, 0.3) is 0 Å². The third kappa shape index (κ3) is 3.97. The highest BCUT2D eigenvalue weighted by Gasteiger charge is 2.09. The van der Waals surface area contributed by atoms with Crippen LogP contribution in [-0.4, -0.2) is 50.6 Å². The predicted molar refractivity (Wildman–Crippen MR) is 94.4 cm³/mol. The molecule has 0 aliphatic heterocycles. The molecule has 5 nitrogen and oxygen atoms in total. The standard InChI is InChI=1S/C15H23N5S2/c1-4-18(5-2)11-8-12-19-15(21)20(17-16-19)13-9-6-7-10-14(13)22-3/h6-7,9-10H,4-5,8,11-12H2,1-3H3. The Hall–Kier alpha value is -1.18. The molecule has 0 spiro atoms. The molecule has 1 heterocycles. The van der Waals surface area contributed by atoms with Gasteiger partial charge in [0.1, 0.15) is 0 Å². The van der Waals surface area contributed by atoms with Crippen LogP contribution < -0.4 is 0 Å². The first kappa shape index (κ1) is 17.2. The second-order valence-corrected chi connectivity index (χ2v) is 6.16. The Morgan fingerprint density at radius 2 is 1.91 bits per heavy atom. The van der Waals surface area contributed by atoms with E-state index >= 15 is 0 Å². The second-order valence-electron chi connectivity index (χ2n) is 4.95. The molecule has 1 aromatic carbocycles. The third-order valence-corrected chi connectivity index (χ3v) is 4.86. The lowest BCUT2D eigenvalue weighted by Gasteiger charge is -2.17. The molecule has 0 radical (unpaired) electrons. The summed E-state index contributed by atoms with van der Waals surface area (Å²) in [5, 5.41) is 8.44. The van der Waals surface area contributed by atoms with E-state index < -0.39 is 0 Å². The van der Waals surface area contributed by atoms with Crippen LogP contribution >= 0.6 is 24.0 Å². The van der Waals surface area contributed by atoms with Crippen molar-refractivity contribution in [3.63, 3.8) is 0 Å². The first-order valence-electron chi connectivity index (χ1n) is 7.59. The van der Waals surface area contributed by atoms with Crippen molar-refractivity contribution in [2.45, 2.75) is 31.7 Å². The fourth-order valence-electron chi connectivity index (χ4n) is 2.35. The van der Waals surface area contributed by atoms with Crippen LogP contribution in [-0.2, 0) is 6.54 Å². The van der Waals surface area contributed by atoms with Crippen LogP contribution in [0.4, 0.5) is 0 Å². The summed E-state index contributed by atoms with van der Waals surface area (Å²) in [4.78, 5) is 3.55. The van der Waals surface area contributed by atoms with E-state index in [1.165, 1.54) is 0 Å². The summed E-state index contributed by atoms with van der Waals surface area (Å²) in [6.45, 7) is 8.39. The third-order valence-electron chi connectivity index (χ3n) is 3.69. The van der Waals surface area contributed by atoms with Crippen molar-refractivity contribution >= 4 is 24.0 Å². The van der Waals surface area contributed by atoms with Crippen molar-refractivity contribution in [2.75, 3.05) is 25.9 Å². The molecule has 22 heavy (non-hydrogen) atoms. The van der Waals surface area contributed by atoms with E-state index in [2.05, 4.69) is 41.5 Å². The van der Waals surface area contributed by atoms with E-state index in [0.717, 1.165) is 43.2 Å². The number of hydrogen-bond donors (Lipinski definition) is 0. The van der Waals surface area contributed by atoms with Gasteiger partial charge in [0, 0.05) is 11.4 Å². The van der Waals surface area contributed by atoms with Crippen LogP contribution in [0.2, 0.25) is 0 Å².